The fourth-order valence-corrected chi connectivity index (χ4v) is 2.27. The first-order valence-corrected chi connectivity index (χ1v) is 5.78. The van der Waals surface area contributed by atoms with Gasteiger partial charge in [0.1, 0.15) is 0 Å². The zero-order valence-electron chi connectivity index (χ0n) is 10.5. The lowest BCUT2D eigenvalue weighted by Gasteiger charge is -2.51. The van der Waals surface area contributed by atoms with Crippen LogP contribution in [0.4, 0.5) is 0 Å². The van der Waals surface area contributed by atoms with E-state index in [1.165, 1.54) is 5.56 Å². The average molecular weight is 234 g/mol. The van der Waals surface area contributed by atoms with Crippen LogP contribution in [0.25, 0.3) is 0 Å². The van der Waals surface area contributed by atoms with Crippen LogP contribution in [-0.2, 0) is 10.2 Å². The van der Waals surface area contributed by atoms with Gasteiger partial charge in [-0.3, -0.25) is 0 Å². The summed E-state index contributed by atoms with van der Waals surface area (Å²) in [6, 6.07) is 7.17. The molecule has 1 saturated heterocycles. The van der Waals surface area contributed by atoms with Crippen molar-refractivity contribution in [2.45, 2.75) is 26.2 Å². The lowest BCUT2D eigenvalue weighted by atomic mass is 9.61. The quantitative estimate of drug-likeness (QED) is 0.855. The molecule has 1 aromatic rings. The van der Waals surface area contributed by atoms with Crippen molar-refractivity contribution in [1.29, 1.82) is 0 Å². The number of hydrogen-bond acceptors (Lipinski definition) is 2. The van der Waals surface area contributed by atoms with Crippen LogP contribution < -0.4 is 0 Å². The van der Waals surface area contributed by atoms with Crippen LogP contribution in [0.1, 0.15) is 36.7 Å². The van der Waals surface area contributed by atoms with Gasteiger partial charge in [0.25, 0.3) is 0 Å². The molecule has 1 fully saturated rings. The number of carboxylic acid groups (broad SMARTS) is 1. The van der Waals surface area contributed by atoms with Crippen molar-refractivity contribution in [3.63, 3.8) is 0 Å². The highest BCUT2D eigenvalue weighted by Crippen LogP contribution is 2.46. The summed E-state index contributed by atoms with van der Waals surface area (Å²) in [6.45, 7) is 8.01. The Kier molecular flexibility index (Phi) is 2.74. The molecule has 3 heteroatoms. The number of benzene rings is 1. The summed E-state index contributed by atoms with van der Waals surface area (Å²) in [4.78, 5) is 10.8. The third kappa shape index (κ3) is 1.84. The molecule has 0 atom stereocenters. The minimum atomic E-state index is -0.883. The highest BCUT2D eigenvalue weighted by Gasteiger charge is 2.49. The van der Waals surface area contributed by atoms with Gasteiger partial charge in [-0.15, -0.1) is 0 Å². The monoisotopic (exact) mass is 234 g/mol. The van der Waals surface area contributed by atoms with E-state index in [0.29, 0.717) is 18.8 Å². The standard InChI is InChI=1S/C14H18O3/c1-13(2,3)14(8-17-9-14)11-6-4-10(5-7-11)12(15)16/h4-7H,8-9H2,1-3H3,(H,15,16). The van der Waals surface area contributed by atoms with Crippen LogP contribution in [0, 0.1) is 5.41 Å². The number of carboxylic acids is 1. The van der Waals surface area contributed by atoms with Gasteiger partial charge in [-0.2, -0.15) is 0 Å². The van der Waals surface area contributed by atoms with Crippen LogP contribution in [0.2, 0.25) is 0 Å². The summed E-state index contributed by atoms with van der Waals surface area (Å²) in [6.07, 6.45) is 0. The van der Waals surface area contributed by atoms with Gasteiger partial charge in [0.05, 0.1) is 18.8 Å². The Bertz CT molecular complexity index is 422. The summed E-state index contributed by atoms with van der Waals surface area (Å²) in [5.74, 6) is -0.883. The highest BCUT2D eigenvalue weighted by molar-refractivity contribution is 5.87. The van der Waals surface area contributed by atoms with Crippen molar-refractivity contribution in [1.82, 2.24) is 0 Å². The Morgan fingerprint density at radius 2 is 1.76 bits per heavy atom. The zero-order chi connectivity index (χ0) is 12.7. The number of hydrogen-bond donors (Lipinski definition) is 1. The molecule has 1 aliphatic heterocycles. The van der Waals surface area contributed by atoms with Gasteiger partial charge in [0, 0.05) is 5.41 Å². The molecule has 0 unspecified atom stereocenters. The van der Waals surface area contributed by atoms with Crippen molar-refractivity contribution in [2.75, 3.05) is 13.2 Å². The summed E-state index contributed by atoms with van der Waals surface area (Å²) in [5, 5.41) is 8.88. The largest absolute Gasteiger partial charge is 0.478 e. The van der Waals surface area contributed by atoms with E-state index in [4.69, 9.17) is 9.84 Å². The lowest BCUT2D eigenvalue weighted by molar-refractivity contribution is -0.113. The predicted octanol–water partition coefficient (Wildman–Crippen LogP) is 2.70. The Morgan fingerprint density at radius 1 is 1.24 bits per heavy atom. The molecule has 2 rings (SSSR count). The van der Waals surface area contributed by atoms with E-state index in [1.54, 1.807) is 12.1 Å². The van der Waals surface area contributed by atoms with Gasteiger partial charge in [0.15, 0.2) is 0 Å². The average Bonchev–Trinajstić information content (AvgIpc) is 2.14. The summed E-state index contributed by atoms with van der Waals surface area (Å²) in [5.41, 5.74) is 1.62. The van der Waals surface area contributed by atoms with Gasteiger partial charge < -0.3 is 9.84 Å². The fourth-order valence-electron chi connectivity index (χ4n) is 2.27. The summed E-state index contributed by atoms with van der Waals surface area (Å²) in [7, 11) is 0. The Labute approximate surface area is 101 Å². The minimum absolute atomic E-state index is 0.0179. The van der Waals surface area contributed by atoms with E-state index in [0.717, 1.165) is 0 Å². The maximum absolute atomic E-state index is 10.8. The molecule has 1 aliphatic rings. The first-order valence-electron chi connectivity index (χ1n) is 5.78. The Hall–Kier alpha value is -1.35. The fraction of sp³-hybridized carbons (Fsp3) is 0.500. The second-order valence-corrected chi connectivity index (χ2v) is 5.71. The van der Waals surface area contributed by atoms with E-state index < -0.39 is 5.97 Å². The van der Waals surface area contributed by atoms with Crippen molar-refractivity contribution < 1.29 is 14.6 Å². The van der Waals surface area contributed by atoms with Crippen LogP contribution in [0.15, 0.2) is 24.3 Å². The minimum Gasteiger partial charge on any atom is -0.478 e. The van der Waals surface area contributed by atoms with E-state index in [2.05, 4.69) is 20.8 Å². The van der Waals surface area contributed by atoms with Gasteiger partial charge in [0.2, 0.25) is 0 Å². The van der Waals surface area contributed by atoms with Crippen LogP contribution in [-0.4, -0.2) is 24.3 Å². The van der Waals surface area contributed by atoms with Crippen LogP contribution in [0.5, 0.6) is 0 Å². The Morgan fingerprint density at radius 3 is 2.06 bits per heavy atom. The normalized spacial score (nSPS) is 18.5. The molecule has 3 nitrogen and oxygen atoms in total. The molecular formula is C14H18O3. The molecule has 1 N–H and O–H groups in total. The molecule has 0 aliphatic carbocycles. The number of aromatic carboxylic acids is 1. The highest BCUT2D eigenvalue weighted by atomic mass is 16.5. The Balaban J connectivity index is 2.36. The maximum atomic E-state index is 10.8. The van der Waals surface area contributed by atoms with Gasteiger partial charge in [-0.05, 0) is 23.1 Å². The first kappa shape index (κ1) is 12.1. The molecule has 92 valence electrons. The topological polar surface area (TPSA) is 46.5 Å². The van der Waals surface area contributed by atoms with Gasteiger partial charge in [-0.25, -0.2) is 4.79 Å². The smallest absolute Gasteiger partial charge is 0.335 e. The maximum Gasteiger partial charge on any atom is 0.335 e. The first-order chi connectivity index (χ1) is 7.87. The zero-order valence-corrected chi connectivity index (χ0v) is 10.5. The molecule has 0 aromatic heterocycles. The SMILES string of the molecule is CC(C)(C)C1(c2ccc(C(=O)O)cc2)COC1. The molecule has 0 spiro atoms. The van der Waals surface area contributed by atoms with E-state index in [-0.39, 0.29) is 10.8 Å². The van der Waals surface area contributed by atoms with Crippen molar-refractivity contribution in [3.05, 3.63) is 35.4 Å². The van der Waals surface area contributed by atoms with E-state index in [9.17, 15) is 4.79 Å². The molecule has 1 heterocycles. The molecule has 0 bridgehead atoms. The van der Waals surface area contributed by atoms with Crippen LogP contribution >= 0.6 is 0 Å². The van der Waals surface area contributed by atoms with Crippen molar-refractivity contribution in [3.8, 4) is 0 Å². The third-order valence-corrected chi connectivity index (χ3v) is 3.82. The molecule has 0 amide bonds. The summed E-state index contributed by atoms with van der Waals surface area (Å²) >= 11 is 0. The number of rotatable bonds is 2. The molecule has 1 aromatic carbocycles. The van der Waals surface area contributed by atoms with Gasteiger partial charge >= 0.3 is 5.97 Å². The van der Waals surface area contributed by atoms with Crippen molar-refractivity contribution >= 4 is 5.97 Å². The second kappa shape index (κ2) is 3.84. The number of carbonyl (C=O) groups is 1. The molecule has 0 radical (unpaired) electrons. The molecule has 17 heavy (non-hydrogen) atoms. The van der Waals surface area contributed by atoms with Crippen molar-refractivity contribution in [2.24, 2.45) is 5.41 Å². The number of ether oxygens (including phenoxy) is 1. The predicted molar refractivity (Wildman–Crippen MR) is 65.4 cm³/mol. The van der Waals surface area contributed by atoms with Gasteiger partial charge in [-0.1, -0.05) is 32.9 Å². The second-order valence-electron chi connectivity index (χ2n) is 5.71. The van der Waals surface area contributed by atoms with E-state index >= 15 is 0 Å². The lowest BCUT2D eigenvalue weighted by Crippen LogP contribution is -2.55. The molecular weight excluding hydrogens is 216 g/mol. The van der Waals surface area contributed by atoms with Crippen LogP contribution in [0.3, 0.4) is 0 Å². The molecule has 0 saturated carbocycles. The third-order valence-electron chi connectivity index (χ3n) is 3.82. The summed E-state index contributed by atoms with van der Waals surface area (Å²) < 4.78 is 5.38. The van der Waals surface area contributed by atoms with E-state index in [1.807, 2.05) is 12.1 Å².